The van der Waals surface area contributed by atoms with Gasteiger partial charge in [0.05, 0.1) is 17.0 Å². The van der Waals surface area contributed by atoms with Crippen LogP contribution in [0.15, 0.2) is 29.3 Å². The Kier molecular flexibility index (Phi) is 7.87. The van der Waals surface area contributed by atoms with E-state index < -0.39 is 20.5 Å². The molecule has 26 heavy (non-hydrogen) atoms. The maximum Gasteiger partial charge on any atom is 0.248 e. The number of benzene rings is 1. The summed E-state index contributed by atoms with van der Waals surface area (Å²) in [5.41, 5.74) is 6.65. The van der Waals surface area contributed by atoms with Crippen molar-refractivity contribution in [3.8, 4) is 0 Å². The molecule has 1 saturated heterocycles. The Hall–Kier alpha value is -1.36. The third-order valence-electron chi connectivity index (χ3n) is 4.33. The van der Waals surface area contributed by atoms with Crippen LogP contribution in [0.1, 0.15) is 36.7 Å². The number of primary amides is 1. The fourth-order valence-electron chi connectivity index (χ4n) is 2.69. The molecule has 0 aromatic heterocycles. The van der Waals surface area contributed by atoms with Gasteiger partial charge in [0.1, 0.15) is 0 Å². The number of hydrogen-bond donors (Lipinski definition) is 2. The number of nitrogens with two attached hydrogens (primary N) is 1. The molecule has 0 bridgehead atoms. The Morgan fingerprint density at radius 2 is 1.92 bits per heavy atom. The first-order chi connectivity index (χ1) is 11.7. The van der Waals surface area contributed by atoms with E-state index in [0.29, 0.717) is 37.7 Å². The Balaban J connectivity index is 0.00000338. The summed E-state index contributed by atoms with van der Waals surface area (Å²) in [6.45, 7) is 7.44. The molecular weight excluding hydrogens is 467 g/mol. The SMILES string of the molecule is CCNC(=NCc1ccc(C(N)=O)cc1)N1CCS(=O)(=O)C(C)(C)C1.I. The van der Waals surface area contributed by atoms with Gasteiger partial charge in [0.25, 0.3) is 0 Å². The fraction of sp³-hybridized carbons (Fsp3) is 0.529. The van der Waals surface area contributed by atoms with Crippen molar-refractivity contribution in [2.24, 2.45) is 10.7 Å². The van der Waals surface area contributed by atoms with Crippen LogP contribution in [-0.2, 0) is 16.4 Å². The summed E-state index contributed by atoms with van der Waals surface area (Å²) in [6.07, 6.45) is 0. The molecule has 1 amide bonds. The first kappa shape index (κ1) is 22.7. The van der Waals surface area contributed by atoms with Crippen molar-refractivity contribution in [1.29, 1.82) is 0 Å². The summed E-state index contributed by atoms with van der Waals surface area (Å²) in [6, 6.07) is 6.99. The van der Waals surface area contributed by atoms with E-state index in [1.165, 1.54) is 0 Å². The highest BCUT2D eigenvalue weighted by atomic mass is 127. The van der Waals surface area contributed by atoms with Gasteiger partial charge in [-0.25, -0.2) is 13.4 Å². The van der Waals surface area contributed by atoms with Crippen LogP contribution in [-0.4, -0.2) is 55.3 Å². The van der Waals surface area contributed by atoms with Gasteiger partial charge in [0.2, 0.25) is 5.91 Å². The van der Waals surface area contributed by atoms with Crippen LogP contribution in [0.3, 0.4) is 0 Å². The molecule has 7 nitrogen and oxygen atoms in total. The lowest BCUT2D eigenvalue weighted by Gasteiger charge is -2.39. The van der Waals surface area contributed by atoms with Crippen molar-refractivity contribution in [3.63, 3.8) is 0 Å². The average molecular weight is 494 g/mol. The van der Waals surface area contributed by atoms with Crippen molar-refractivity contribution >= 4 is 45.7 Å². The lowest BCUT2D eigenvalue weighted by molar-refractivity contribution is 0.100. The molecular formula is C17H27IN4O3S. The third-order valence-corrected chi connectivity index (χ3v) is 6.86. The molecule has 0 spiro atoms. The maximum absolute atomic E-state index is 12.2. The van der Waals surface area contributed by atoms with Crippen LogP contribution < -0.4 is 11.1 Å². The molecule has 2 rings (SSSR count). The van der Waals surface area contributed by atoms with Gasteiger partial charge in [-0.15, -0.1) is 24.0 Å². The lowest BCUT2D eigenvalue weighted by atomic mass is 10.1. The molecule has 9 heteroatoms. The number of guanidine groups is 1. The molecule has 0 atom stereocenters. The van der Waals surface area contributed by atoms with E-state index in [2.05, 4.69) is 10.3 Å². The van der Waals surface area contributed by atoms with Crippen LogP contribution in [0.5, 0.6) is 0 Å². The Morgan fingerprint density at radius 3 is 2.42 bits per heavy atom. The number of nitrogens with zero attached hydrogens (tertiary/aromatic N) is 2. The Morgan fingerprint density at radius 1 is 1.31 bits per heavy atom. The smallest absolute Gasteiger partial charge is 0.248 e. The van der Waals surface area contributed by atoms with E-state index in [-0.39, 0.29) is 29.7 Å². The second-order valence-electron chi connectivity index (χ2n) is 6.73. The van der Waals surface area contributed by atoms with Gasteiger partial charge in [0, 0.05) is 25.2 Å². The molecule has 0 saturated carbocycles. The molecule has 1 aliphatic rings. The highest BCUT2D eigenvalue weighted by Gasteiger charge is 2.40. The molecule has 1 fully saturated rings. The summed E-state index contributed by atoms with van der Waals surface area (Å²) < 4.78 is 23.5. The number of hydrogen-bond acceptors (Lipinski definition) is 4. The monoisotopic (exact) mass is 494 g/mol. The molecule has 0 unspecified atom stereocenters. The minimum Gasteiger partial charge on any atom is -0.366 e. The summed E-state index contributed by atoms with van der Waals surface area (Å²) in [5.74, 6) is 0.363. The van der Waals surface area contributed by atoms with Crippen LogP contribution in [0, 0.1) is 0 Å². The molecule has 0 aliphatic carbocycles. The van der Waals surface area contributed by atoms with Gasteiger partial charge in [-0.05, 0) is 38.5 Å². The van der Waals surface area contributed by atoms with E-state index in [1.807, 2.05) is 24.0 Å². The number of aliphatic imine (C=N–C) groups is 1. The Bertz CT molecular complexity index is 761. The average Bonchev–Trinajstić information content (AvgIpc) is 2.54. The van der Waals surface area contributed by atoms with Crippen molar-refractivity contribution in [2.75, 3.05) is 25.4 Å². The summed E-state index contributed by atoms with van der Waals surface area (Å²) in [5, 5.41) is 3.22. The molecule has 146 valence electrons. The lowest BCUT2D eigenvalue weighted by Crippen LogP contribution is -2.57. The van der Waals surface area contributed by atoms with E-state index in [9.17, 15) is 13.2 Å². The number of carbonyl (C=O) groups is 1. The summed E-state index contributed by atoms with van der Waals surface area (Å²) >= 11 is 0. The second kappa shape index (κ2) is 9.03. The van der Waals surface area contributed by atoms with Crippen molar-refractivity contribution in [2.45, 2.75) is 32.1 Å². The Labute approximate surface area is 172 Å². The van der Waals surface area contributed by atoms with Crippen LogP contribution in [0.2, 0.25) is 0 Å². The minimum absolute atomic E-state index is 0. The van der Waals surface area contributed by atoms with E-state index in [1.54, 1.807) is 26.0 Å². The normalized spacial score (nSPS) is 18.7. The number of amides is 1. The molecule has 1 aromatic rings. The highest BCUT2D eigenvalue weighted by Crippen LogP contribution is 2.23. The fourth-order valence-corrected chi connectivity index (χ4v) is 4.06. The molecule has 0 radical (unpaired) electrons. The number of carbonyl (C=O) groups excluding carboxylic acids is 1. The zero-order chi connectivity index (χ0) is 18.7. The number of nitrogens with one attached hydrogen (secondary N) is 1. The minimum atomic E-state index is -3.09. The molecule has 1 heterocycles. The first-order valence-electron chi connectivity index (χ1n) is 8.30. The van der Waals surface area contributed by atoms with Crippen molar-refractivity contribution < 1.29 is 13.2 Å². The molecule has 1 aliphatic heterocycles. The van der Waals surface area contributed by atoms with Crippen LogP contribution in [0.25, 0.3) is 0 Å². The predicted octanol–water partition coefficient (Wildman–Crippen LogP) is 1.38. The van der Waals surface area contributed by atoms with Crippen molar-refractivity contribution in [1.82, 2.24) is 10.2 Å². The van der Waals surface area contributed by atoms with Gasteiger partial charge in [-0.3, -0.25) is 4.79 Å². The zero-order valence-electron chi connectivity index (χ0n) is 15.4. The number of rotatable bonds is 4. The second-order valence-corrected chi connectivity index (χ2v) is 9.47. The van der Waals surface area contributed by atoms with Crippen LogP contribution >= 0.6 is 24.0 Å². The van der Waals surface area contributed by atoms with Gasteiger partial charge >= 0.3 is 0 Å². The standard InChI is InChI=1S/C17H26N4O3S.HI/c1-4-19-16(21-9-10-25(23,24)17(2,3)12-21)20-11-13-5-7-14(8-6-13)15(18)22;/h5-8H,4,9-12H2,1-3H3,(H2,18,22)(H,19,20);1H. The topological polar surface area (TPSA) is 105 Å². The van der Waals surface area contributed by atoms with E-state index in [0.717, 1.165) is 5.56 Å². The van der Waals surface area contributed by atoms with Gasteiger partial charge in [-0.2, -0.15) is 0 Å². The quantitative estimate of drug-likeness (QED) is 0.374. The first-order valence-corrected chi connectivity index (χ1v) is 9.96. The van der Waals surface area contributed by atoms with E-state index in [4.69, 9.17) is 5.73 Å². The maximum atomic E-state index is 12.2. The number of sulfone groups is 1. The zero-order valence-corrected chi connectivity index (χ0v) is 18.5. The highest BCUT2D eigenvalue weighted by molar-refractivity contribution is 14.0. The summed E-state index contributed by atoms with van der Waals surface area (Å²) in [4.78, 5) is 17.7. The number of halogens is 1. The van der Waals surface area contributed by atoms with Crippen molar-refractivity contribution in [3.05, 3.63) is 35.4 Å². The van der Waals surface area contributed by atoms with Gasteiger partial charge in [0.15, 0.2) is 15.8 Å². The largest absolute Gasteiger partial charge is 0.366 e. The van der Waals surface area contributed by atoms with E-state index >= 15 is 0 Å². The third kappa shape index (κ3) is 5.32. The predicted molar refractivity (Wildman–Crippen MR) is 115 cm³/mol. The van der Waals surface area contributed by atoms with Gasteiger partial charge < -0.3 is 16.0 Å². The molecule has 1 aromatic carbocycles. The molecule has 3 N–H and O–H groups in total. The van der Waals surface area contributed by atoms with Crippen LogP contribution in [0.4, 0.5) is 0 Å². The van der Waals surface area contributed by atoms with Gasteiger partial charge in [-0.1, -0.05) is 12.1 Å². The summed E-state index contributed by atoms with van der Waals surface area (Å²) in [7, 11) is -3.09.